The second-order valence-electron chi connectivity index (χ2n) is 6.20. The quantitative estimate of drug-likeness (QED) is 0.473. The van der Waals surface area contributed by atoms with Crippen molar-refractivity contribution in [3.8, 4) is 0 Å². The third-order valence-electron chi connectivity index (χ3n) is 3.55. The van der Waals surface area contributed by atoms with Gasteiger partial charge >= 0.3 is 17.1 Å². The lowest BCUT2D eigenvalue weighted by molar-refractivity contribution is 0.124. The minimum atomic E-state index is -2.42. The zero-order valence-corrected chi connectivity index (χ0v) is 19.5. The van der Waals surface area contributed by atoms with Gasteiger partial charge in [-0.1, -0.05) is 12.6 Å². The molecule has 2 fully saturated rings. The van der Waals surface area contributed by atoms with Crippen molar-refractivity contribution in [3.63, 3.8) is 0 Å². The zero-order chi connectivity index (χ0) is 16.2. The highest BCUT2D eigenvalue weighted by molar-refractivity contribution is 6.87. The maximum Gasteiger partial charge on any atom is 0.343 e. The summed E-state index contributed by atoms with van der Waals surface area (Å²) in [7, 11) is -7.08. The van der Waals surface area contributed by atoms with Gasteiger partial charge in [-0.05, 0) is 32.2 Å². The van der Waals surface area contributed by atoms with Crippen molar-refractivity contribution in [1.82, 2.24) is 0 Å². The predicted molar refractivity (Wildman–Crippen MR) is 95.4 cm³/mol. The zero-order valence-electron chi connectivity index (χ0n) is 14.2. The first-order valence-corrected chi connectivity index (χ1v) is 18.8. The van der Waals surface area contributed by atoms with Gasteiger partial charge in [-0.3, -0.25) is 0 Å². The van der Waals surface area contributed by atoms with Crippen molar-refractivity contribution in [2.75, 3.05) is 19.4 Å². The third kappa shape index (κ3) is 6.39. The van der Waals surface area contributed by atoms with E-state index in [1.54, 1.807) is 0 Å². The lowest BCUT2D eigenvalue weighted by atomic mass is 10.5. The average molecular weight is 397 g/mol. The fourth-order valence-electron chi connectivity index (χ4n) is 2.60. The van der Waals surface area contributed by atoms with E-state index in [4.69, 9.17) is 25.9 Å². The fraction of sp³-hybridized carbons (Fsp3) is 1.00. The molecule has 22 heavy (non-hydrogen) atoms. The molecule has 0 aromatic heterocycles. The van der Waals surface area contributed by atoms with E-state index in [2.05, 4.69) is 32.7 Å². The minimum Gasteiger partial charge on any atom is -0.420 e. The molecular formula is C11H28O6Si5. The number of ether oxygens (including phenoxy) is 2. The van der Waals surface area contributed by atoms with Crippen LogP contribution in [0.2, 0.25) is 44.8 Å². The van der Waals surface area contributed by atoms with Crippen molar-refractivity contribution in [2.45, 2.75) is 50.9 Å². The molecule has 2 radical (unpaired) electrons. The topological polar surface area (TPSA) is 58.7 Å². The summed E-state index contributed by atoms with van der Waals surface area (Å²) in [4.78, 5) is 0. The fourth-order valence-corrected chi connectivity index (χ4v) is 21.4. The Balaban J connectivity index is 2.00. The summed E-state index contributed by atoms with van der Waals surface area (Å²) < 4.78 is 36.2. The number of hydrogen-bond donors (Lipinski definition) is 0. The molecule has 0 aromatic rings. The molecule has 2 aliphatic heterocycles. The first kappa shape index (κ1) is 19.2. The molecule has 2 aliphatic rings. The summed E-state index contributed by atoms with van der Waals surface area (Å²) in [5, 5.41) is 0. The van der Waals surface area contributed by atoms with Crippen LogP contribution < -0.4 is 0 Å². The van der Waals surface area contributed by atoms with E-state index in [1.165, 1.54) is 0 Å². The van der Waals surface area contributed by atoms with Gasteiger partial charge in [-0.25, -0.2) is 0 Å². The summed E-state index contributed by atoms with van der Waals surface area (Å²) in [5.41, 5.74) is 0. The monoisotopic (exact) mass is 396 g/mol. The SMILES string of the molecule is C[Si]CC[Si]1(C)O[SiH](C)O[SiH](C)O[Si](C)(COCC2CO2)O1. The van der Waals surface area contributed by atoms with Crippen molar-refractivity contribution in [3.05, 3.63) is 0 Å². The molecule has 2 heterocycles. The smallest absolute Gasteiger partial charge is 0.343 e. The number of rotatable bonds is 7. The molecule has 0 spiro atoms. The molecule has 0 saturated carbocycles. The molecule has 0 N–H and O–H groups in total. The Morgan fingerprint density at radius 3 is 2.41 bits per heavy atom. The number of hydrogen-bond acceptors (Lipinski definition) is 6. The minimum absolute atomic E-state index is 0.269. The van der Waals surface area contributed by atoms with Crippen LogP contribution in [-0.2, 0) is 25.9 Å². The molecule has 128 valence electrons. The van der Waals surface area contributed by atoms with Crippen molar-refractivity contribution in [2.24, 2.45) is 0 Å². The van der Waals surface area contributed by atoms with Crippen LogP contribution in [0.3, 0.4) is 0 Å². The van der Waals surface area contributed by atoms with Gasteiger partial charge < -0.3 is 25.9 Å². The van der Waals surface area contributed by atoms with Gasteiger partial charge in [0.15, 0.2) is 0 Å². The summed E-state index contributed by atoms with van der Waals surface area (Å²) in [6, 6.07) is 2.16. The Bertz CT molecular complexity index is 362. The highest BCUT2D eigenvalue weighted by Crippen LogP contribution is 2.27. The predicted octanol–water partition coefficient (Wildman–Crippen LogP) is 1.04. The summed E-state index contributed by atoms with van der Waals surface area (Å²) in [5.74, 6) is 0. The van der Waals surface area contributed by atoms with Gasteiger partial charge in [0, 0.05) is 9.52 Å². The van der Waals surface area contributed by atoms with Crippen LogP contribution in [0, 0.1) is 0 Å². The highest BCUT2D eigenvalue weighted by atomic mass is 28.5. The van der Waals surface area contributed by atoms with Gasteiger partial charge in [0.1, 0.15) is 6.10 Å². The van der Waals surface area contributed by atoms with Crippen LogP contribution in [0.15, 0.2) is 0 Å². The standard InChI is InChI=1S/C11H28O6Si5/c1-18-6-7-21(4)15-19(2)14-20(3)16-22(5,17-21)10-12-8-11-9-13-11/h11,19-20H,6-10H2,1-5H3. The van der Waals surface area contributed by atoms with Gasteiger partial charge in [-0.15, -0.1) is 0 Å². The summed E-state index contributed by atoms with van der Waals surface area (Å²) in [6.45, 7) is 12.1. The van der Waals surface area contributed by atoms with Gasteiger partial charge in [0.25, 0.3) is 18.6 Å². The average Bonchev–Trinajstić information content (AvgIpc) is 3.18. The molecule has 5 atom stereocenters. The van der Waals surface area contributed by atoms with Crippen molar-refractivity contribution >= 4 is 45.2 Å². The van der Waals surface area contributed by atoms with Gasteiger partial charge in [-0.2, -0.15) is 0 Å². The van der Waals surface area contributed by atoms with Gasteiger partial charge in [0.05, 0.1) is 19.4 Å². The first-order chi connectivity index (χ1) is 10.3. The molecule has 5 unspecified atom stereocenters. The molecule has 0 bridgehead atoms. The Labute approximate surface area is 141 Å². The van der Waals surface area contributed by atoms with E-state index < -0.39 is 35.7 Å². The molecule has 2 rings (SSSR count). The Kier molecular flexibility index (Phi) is 7.22. The Hall–Kier alpha value is 0.844. The molecule has 0 amide bonds. The van der Waals surface area contributed by atoms with Crippen LogP contribution in [0.5, 0.6) is 0 Å². The van der Waals surface area contributed by atoms with Crippen molar-refractivity contribution in [1.29, 1.82) is 0 Å². The molecule has 0 aromatic carbocycles. The lowest BCUT2D eigenvalue weighted by Gasteiger charge is -2.42. The van der Waals surface area contributed by atoms with Crippen LogP contribution in [0.25, 0.3) is 0 Å². The third-order valence-corrected chi connectivity index (χ3v) is 19.8. The first-order valence-electron chi connectivity index (χ1n) is 7.89. The molecule has 6 nitrogen and oxygen atoms in total. The molecule has 11 heteroatoms. The van der Waals surface area contributed by atoms with Crippen LogP contribution >= 0.6 is 0 Å². The van der Waals surface area contributed by atoms with Crippen LogP contribution in [0.4, 0.5) is 0 Å². The van der Waals surface area contributed by atoms with Crippen LogP contribution in [-0.4, -0.2) is 70.8 Å². The van der Waals surface area contributed by atoms with E-state index in [1.807, 2.05) is 0 Å². The normalized spacial score (nSPS) is 42.7. The van der Waals surface area contributed by atoms with Crippen LogP contribution in [0.1, 0.15) is 0 Å². The summed E-state index contributed by atoms with van der Waals surface area (Å²) >= 11 is 0. The molecule has 2 saturated heterocycles. The molecule has 0 aliphatic carbocycles. The lowest BCUT2D eigenvalue weighted by Crippen LogP contribution is -2.61. The maximum atomic E-state index is 6.57. The Morgan fingerprint density at radius 1 is 1.18 bits per heavy atom. The van der Waals surface area contributed by atoms with E-state index in [9.17, 15) is 0 Å². The highest BCUT2D eigenvalue weighted by Gasteiger charge is 2.47. The number of epoxide rings is 1. The van der Waals surface area contributed by atoms with E-state index >= 15 is 0 Å². The van der Waals surface area contributed by atoms with E-state index in [-0.39, 0.29) is 6.10 Å². The van der Waals surface area contributed by atoms with E-state index in [0.717, 1.165) is 28.2 Å². The van der Waals surface area contributed by atoms with Gasteiger partial charge in [0.2, 0.25) is 0 Å². The Morgan fingerprint density at radius 2 is 1.82 bits per heavy atom. The second-order valence-corrected chi connectivity index (χ2v) is 18.8. The summed E-state index contributed by atoms with van der Waals surface area (Å²) in [6.07, 6.45) is 0.801. The van der Waals surface area contributed by atoms with Crippen molar-refractivity contribution < 1.29 is 25.9 Å². The van der Waals surface area contributed by atoms with E-state index in [0.29, 0.717) is 12.8 Å². The second kappa shape index (κ2) is 8.29. The maximum absolute atomic E-state index is 6.57. The molecular weight excluding hydrogens is 369 g/mol. The largest absolute Gasteiger partial charge is 0.420 e.